The molecule has 1 saturated heterocycles. The summed E-state index contributed by atoms with van der Waals surface area (Å²) in [5, 5.41) is 3.47. The van der Waals surface area contributed by atoms with Gasteiger partial charge in [-0.1, -0.05) is 29.8 Å². The number of methoxy groups -OCH3 is 1. The van der Waals surface area contributed by atoms with Gasteiger partial charge < -0.3 is 19.9 Å². The summed E-state index contributed by atoms with van der Waals surface area (Å²) in [7, 11) is 3.31. The molecule has 140 valence electrons. The van der Waals surface area contributed by atoms with E-state index in [1.807, 2.05) is 49.5 Å². The topological polar surface area (TPSA) is 61.9 Å². The van der Waals surface area contributed by atoms with Gasteiger partial charge in [0.2, 0.25) is 5.91 Å². The number of hydrogen-bond acceptors (Lipinski definition) is 4. The van der Waals surface area contributed by atoms with Crippen molar-refractivity contribution < 1.29 is 14.3 Å². The van der Waals surface area contributed by atoms with E-state index in [4.69, 9.17) is 16.3 Å². The highest BCUT2D eigenvalue weighted by atomic mass is 35.5. The summed E-state index contributed by atoms with van der Waals surface area (Å²) in [6.45, 7) is 0. The molecule has 2 amide bonds. The Morgan fingerprint density at radius 3 is 2.74 bits per heavy atom. The van der Waals surface area contributed by atoms with Crippen LogP contribution in [0.4, 0.5) is 21.9 Å². The lowest BCUT2D eigenvalue weighted by Gasteiger charge is -2.41. The van der Waals surface area contributed by atoms with E-state index in [2.05, 4.69) is 10.2 Å². The number of nitrogens with zero attached hydrogens (tertiary/aromatic N) is 2. The van der Waals surface area contributed by atoms with Crippen molar-refractivity contribution in [3.63, 3.8) is 0 Å². The highest BCUT2D eigenvalue weighted by Gasteiger charge is 2.43. The molecule has 2 aromatic rings. The first-order valence-electron chi connectivity index (χ1n) is 8.80. The van der Waals surface area contributed by atoms with Gasteiger partial charge in [-0.3, -0.25) is 4.79 Å². The van der Waals surface area contributed by atoms with Crippen LogP contribution in [0.25, 0.3) is 0 Å². The van der Waals surface area contributed by atoms with Crippen LogP contribution in [0.3, 0.4) is 0 Å². The minimum absolute atomic E-state index is 0.0107. The van der Waals surface area contributed by atoms with E-state index < -0.39 is 6.09 Å². The summed E-state index contributed by atoms with van der Waals surface area (Å²) in [5.41, 5.74) is 3.59. The van der Waals surface area contributed by atoms with Gasteiger partial charge in [-0.25, -0.2) is 4.79 Å². The standard InChI is InChI=1S/C20H20ClN3O3/c1-23-15-6-4-3-5-13(15)19-14(22-20(26)27-2)8-10-18(25)24(19)17-11-12(21)7-9-16(17)23/h3-7,9,11,14,19H,8,10H2,1-2H3,(H,22,26)/t14-,19-/m1/s1. The lowest BCUT2D eigenvalue weighted by molar-refractivity contribution is -0.120. The molecule has 0 unspecified atom stereocenters. The molecule has 0 radical (unpaired) electrons. The monoisotopic (exact) mass is 385 g/mol. The van der Waals surface area contributed by atoms with Crippen molar-refractivity contribution in [2.45, 2.75) is 24.9 Å². The van der Waals surface area contributed by atoms with Gasteiger partial charge in [0.05, 0.1) is 30.6 Å². The number of fused-ring (bicyclic) bond motifs is 5. The van der Waals surface area contributed by atoms with Crippen LogP contribution in [0.1, 0.15) is 24.4 Å². The van der Waals surface area contributed by atoms with Crippen LogP contribution in [0, 0.1) is 0 Å². The van der Waals surface area contributed by atoms with Crippen molar-refractivity contribution in [2.75, 3.05) is 24.0 Å². The van der Waals surface area contributed by atoms with Gasteiger partial charge in [-0.2, -0.15) is 0 Å². The van der Waals surface area contributed by atoms with Gasteiger partial charge in [-0.15, -0.1) is 0 Å². The van der Waals surface area contributed by atoms with Crippen LogP contribution >= 0.6 is 11.6 Å². The number of halogens is 1. The molecule has 6 nitrogen and oxygen atoms in total. The molecule has 0 bridgehead atoms. The first kappa shape index (κ1) is 17.7. The Morgan fingerprint density at radius 1 is 1.19 bits per heavy atom. The number of hydrogen-bond donors (Lipinski definition) is 1. The Bertz CT molecular complexity index is 917. The maximum absolute atomic E-state index is 13.0. The Morgan fingerprint density at radius 2 is 1.96 bits per heavy atom. The molecule has 2 heterocycles. The number of carbonyl (C=O) groups is 2. The number of alkyl carbamates (subject to hydrolysis) is 1. The first-order valence-corrected chi connectivity index (χ1v) is 9.18. The van der Waals surface area contributed by atoms with Gasteiger partial charge in [0.25, 0.3) is 0 Å². The number of rotatable bonds is 1. The fraction of sp³-hybridized carbons (Fsp3) is 0.300. The summed E-state index contributed by atoms with van der Waals surface area (Å²) in [6.07, 6.45) is 0.377. The molecule has 7 heteroatoms. The number of benzene rings is 2. The van der Waals surface area contributed by atoms with Crippen LogP contribution in [0.2, 0.25) is 5.02 Å². The second-order valence-corrected chi connectivity index (χ2v) is 7.18. The van der Waals surface area contributed by atoms with Crippen LogP contribution in [0.5, 0.6) is 0 Å². The minimum Gasteiger partial charge on any atom is -0.453 e. The number of carbonyl (C=O) groups excluding carboxylic acids is 2. The molecule has 0 aromatic heterocycles. The average molecular weight is 386 g/mol. The third kappa shape index (κ3) is 2.90. The second kappa shape index (κ2) is 6.78. The quantitative estimate of drug-likeness (QED) is 0.805. The van der Waals surface area contributed by atoms with Crippen molar-refractivity contribution >= 4 is 40.7 Å². The zero-order valence-corrected chi connectivity index (χ0v) is 15.9. The molecule has 2 aliphatic rings. The summed E-state index contributed by atoms with van der Waals surface area (Å²) < 4.78 is 4.80. The van der Waals surface area contributed by atoms with Crippen LogP contribution in [-0.4, -0.2) is 32.2 Å². The molecule has 2 aromatic carbocycles. The predicted molar refractivity (Wildman–Crippen MR) is 105 cm³/mol. The van der Waals surface area contributed by atoms with Crippen molar-refractivity contribution in [3.05, 3.63) is 53.1 Å². The smallest absolute Gasteiger partial charge is 0.407 e. The minimum atomic E-state index is -0.504. The third-order valence-electron chi connectivity index (χ3n) is 5.26. The largest absolute Gasteiger partial charge is 0.453 e. The molecular weight excluding hydrogens is 366 g/mol. The number of para-hydroxylation sites is 1. The zero-order valence-electron chi connectivity index (χ0n) is 15.1. The predicted octanol–water partition coefficient (Wildman–Crippen LogP) is 4.01. The molecule has 2 atom stereocenters. The normalized spacial score (nSPS) is 20.9. The number of amides is 2. The Hall–Kier alpha value is -2.73. The molecule has 0 spiro atoms. The van der Waals surface area contributed by atoms with E-state index in [1.54, 1.807) is 4.90 Å². The molecule has 2 aliphatic heterocycles. The van der Waals surface area contributed by atoms with Crippen molar-refractivity contribution in [1.82, 2.24) is 5.32 Å². The van der Waals surface area contributed by atoms with Crippen molar-refractivity contribution in [3.8, 4) is 0 Å². The molecule has 27 heavy (non-hydrogen) atoms. The van der Waals surface area contributed by atoms with Gasteiger partial charge >= 0.3 is 6.09 Å². The molecule has 4 rings (SSSR count). The van der Waals surface area contributed by atoms with Crippen molar-refractivity contribution in [1.29, 1.82) is 0 Å². The lowest BCUT2D eigenvalue weighted by atomic mass is 9.89. The Balaban J connectivity index is 1.94. The van der Waals surface area contributed by atoms with Gasteiger partial charge in [0.15, 0.2) is 0 Å². The van der Waals surface area contributed by atoms with Gasteiger partial charge in [0.1, 0.15) is 0 Å². The van der Waals surface area contributed by atoms with Crippen LogP contribution in [-0.2, 0) is 9.53 Å². The average Bonchev–Trinajstić information content (AvgIpc) is 2.78. The van der Waals surface area contributed by atoms with E-state index >= 15 is 0 Å². The zero-order chi connectivity index (χ0) is 19.1. The van der Waals surface area contributed by atoms with E-state index in [1.165, 1.54) is 7.11 Å². The summed E-state index contributed by atoms with van der Waals surface area (Å²) in [6, 6.07) is 12.9. The maximum atomic E-state index is 13.0. The Kier molecular flexibility index (Phi) is 4.44. The number of anilines is 3. The van der Waals surface area contributed by atoms with E-state index in [0.29, 0.717) is 17.9 Å². The summed E-state index contributed by atoms with van der Waals surface area (Å²) in [5.74, 6) is 0.0107. The van der Waals surface area contributed by atoms with E-state index in [9.17, 15) is 9.59 Å². The Labute approximate surface area is 162 Å². The van der Waals surface area contributed by atoms with Gasteiger partial charge in [-0.05, 0) is 30.7 Å². The molecule has 0 aliphatic carbocycles. The third-order valence-corrected chi connectivity index (χ3v) is 5.50. The molecule has 1 fully saturated rings. The SMILES string of the molecule is COC(=O)N[C@@H]1CCC(=O)N2c3cc(Cl)ccc3N(C)c3ccccc3[C@H]12. The van der Waals surface area contributed by atoms with Crippen molar-refractivity contribution in [2.24, 2.45) is 0 Å². The molecule has 0 saturated carbocycles. The number of ether oxygens (including phenoxy) is 1. The van der Waals surface area contributed by atoms with E-state index in [0.717, 1.165) is 22.6 Å². The second-order valence-electron chi connectivity index (χ2n) is 6.74. The van der Waals surface area contributed by atoms with Gasteiger partial charge in [0, 0.05) is 29.7 Å². The summed E-state index contributed by atoms with van der Waals surface area (Å²) in [4.78, 5) is 28.8. The van der Waals surface area contributed by atoms with E-state index in [-0.39, 0.29) is 18.0 Å². The number of nitrogens with one attached hydrogen (secondary N) is 1. The first-order chi connectivity index (χ1) is 13.0. The highest BCUT2D eigenvalue weighted by Crippen LogP contribution is 2.48. The molecule has 1 N–H and O–H groups in total. The van der Waals surface area contributed by atoms with Crippen LogP contribution < -0.4 is 15.1 Å². The maximum Gasteiger partial charge on any atom is 0.407 e. The molecular formula is C20H20ClN3O3. The highest BCUT2D eigenvalue weighted by molar-refractivity contribution is 6.31. The fourth-order valence-electron chi connectivity index (χ4n) is 4.04. The summed E-state index contributed by atoms with van der Waals surface area (Å²) >= 11 is 6.26. The van der Waals surface area contributed by atoms with Crippen LogP contribution in [0.15, 0.2) is 42.5 Å². The fourth-order valence-corrected chi connectivity index (χ4v) is 4.21. The lowest BCUT2D eigenvalue weighted by Crippen LogP contribution is -2.52. The number of piperidine rings is 1.